The van der Waals surface area contributed by atoms with Crippen LogP contribution in [-0.4, -0.2) is 53.4 Å². The van der Waals surface area contributed by atoms with E-state index in [1.165, 1.54) is 12.0 Å². The van der Waals surface area contributed by atoms with Crippen LogP contribution in [0.3, 0.4) is 0 Å². The molecule has 2 N–H and O–H groups in total. The summed E-state index contributed by atoms with van der Waals surface area (Å²) in [5.74, 6) is -1.71. The molecule has 3 aromatic rings. The molecule has 3 amide bonds. The van der Waals surface area contributed by atoms with Gasteiger partial charge in [0.05, 0.1) is 23.7 Å². The maximum atomic E-state index is 14.0. The zero-order valence-electron chi connectivity index (χ0n) is 21.1. The van der Waals surface area contributed by atoms with E-state index in [0.29, 0.717) is 11.9 Å². The summed E-state index contributed by atoms with van der Waals surface area (Å²) in [6, 6.07) is 11.6. The number of nitrogens with zero attached hydrogens (tertiary/aromatic N) is 3. The summed E-state index contributed by atoms with van der Waals surface area (Å²) < 4.78 is 33.9. The fourth-order valence-corrected chi connectivity index (χ4v) is 3.31. The van der Waals surface area contributed by atoms with Gasteiger partial charge in [0, 0.05) is 31.2 Å². The van der Waals surface area contributed by atoms with Gasteiger partial charge in [-0.05, 0) is 31.2 Å². The Bertz CT molecular complexity index is 1220. The number of aryl methyl sites for hydroxylation is 1. The maximum absolute atomic E-state index is 14.0. The number of benzene rings is 2. The third-order valence-corrected chi connectivity index (χ3v) is 5.38. The van der Waals surface area contributed by atoms with Gasteiger partial charge >= 0.3 is 6.03 Å². The van der Waals surface area contributed by atoms with Crippen molar-refractivity contribution >= 4 is 23.4 Å². The average molecular weight is 500 g/mol. The molecule has 3 rings (SSSR count). The molecule has 0 bridgehead atoms. The maximum Gasteiger partial charge on any atom is 0.322 e. The number of anilines is 2. The van der Waals surface area contributed by atoms with Crippen molar-refractivity contribution in [2.24, 2.45) is 0 Å². The standard InChI is InChI=1S/C26H31F2N5O3/c1-17-6-9-19(10-7-17)33-23(15-22(31-33)26(2,3)4)30-24(34)16-32(12-13-36-5)25(35)29-21-11-8-18(27)14-20(21)28/h6-11,14-15H,12-13,16H2,1-5H3,(H,29,35)(H,30,34). The molecule has 0 atom stereocenters. The Morgan fingerprint density at radius 3 is 2.36 bits per heavy atom. The van der Waals surface area contributed by atoms with Crippen molar-refractivity contribution in [3.05, 3.63) is 71.4 Å². The molecular weight excluding hydrogens is 468 g/mol. The van der Waals surface area contributed by atoms with E-state index in [0.717, 1.165) is 29.1 Å². The first kappa shape index (κ1) is 26.8. The molecule has 0 aliphatic heterocycles. The predicted octanol–water partition coefficient (Wildman–Crippen LogP) is 4.88. The van der Waals surface area contributed by atoms with Crippen LogP contribution in [0.25, 0.3) is 5.69 Å². The van der Waals surface area contributed by atoms with Crippen LogP contribution in [0, 0.1) is 18.6 Å². The van der Waals surface area contributed by atoms with E-state index >= 15 is 0 Å². The molecule has 0 fully saturated rings. The fourth-order valence-electron chi connectivity index (χ4n) is 3.31. The van der Waals surface area contributed by atoms with Crippen molar-refractivity contribution in [3.63, 3.8) is 0 Å². The van der Waals surface area contributed by atoms with E-state index < -0.39 is 23.6 Å². The largest absolute Gasteiger partial charge is 0.383 e. The molecule has 0 radical (unpaired) electrons. The molecule has 36 heavy (non-hydrogen) atoms. The van der Waals surface area contributed by atoms with Crippen LogP contribution in [0.4, 0.5) is 25.1 Å². The quantitative estimate of drug-likeness (QED) is 0.463. The molecule has 0 saturated heterocycles. The van der Waals surface area contributed by atoms with Gasteiger partial charge in [-0.2, -0.15) is 5.10 Å². The van der Waals surface area contributed by atoms with Crippen LogP contribution in [0.2, 0.25) is 0 Å². The van der Waals surface area contributed by atoms with Gasteiger partial charge in [-0.1, -0.05) is 38.5 Å². The number of ether oxygens (including phenoxy) is 1. The molecule has 192 valence electrons. The molecule has 0 unspecified atom stereocenters. The minimum absolute atomic E-state index is 0.0725. The summed E-state index contributed by atoms with van der Waals surface area (Å²) >= 11 is 0. The van der Waals surface area contributed by atoms with E-state index in [2.05, 4.69) is 15.7 Å². The number of urea groups is 1. The number of carbonyl (C=O) groups excluding carboxylic acids is 2. The van der Waals surface area contributed by atoms with Gasteiger partial charge in [-0.15, -0.1) is 0 Å². The number of aromatic nitrogens is 2. The molecule has 0 spiro atoms. The van der Waals surface area contributed by atoms with E-state index in [1.807, 2.05) is 52.0 Å². The van der Waals surface area contributed by atoms with E-state index in [4.69, 9.17) is 4.74 Å². The monoisotopic (exact) mass is 499 g/mol. The van der Waals surface area contributed by atoms with Gasteiger partial charge in [-0.3, -0.25) is 4.79 Å². The van der Waals surface area contributed by atoms with Gasteiger partial charge in [0.2, 0.25) is 5.91 Å². The minimum Gasteiger partial charge on any atom is -0.383 e. The second kappa shape index (κ2) is 11.3. The number of hydrogen-bond acceptors (Lipinski definition) is 4. The lowest BCUT2D eigenvalue weighted by molar-refractivity contribution is -0.116. The number of rotatable bonds is 8. The first-order valence-electron chi connectivity index (χ1n) is 11.5. The molecule has 1 heterocycles. The molecular formula is C26H31F2N5O3. The SMILES string of the molecule is COCCN(CC(=O)Nc1cc(C(C)(C)C)nn1-c1ccc(C)cc1)C(=O)Nc1ccc(F)cc1F. The zero-order valence-corrected chi connectivity index (χ0v) is 21.1. The van der Waals surface area contributed by atoms with Gasteiger partial charge in [0.15, 0.2) is 0 Å². The Morgan fingerprint density at radius 1 is 1.06 bits per heavy atom. The highest BCUT2D eigenvalue weighted by atomic mass is 19.1. The van der Waals surface area contributed by atoms with Crippen molar-refractivity contribution in [1.82, 2.24) is 14.7 Å². The van der Waals surface area contributed by atoms with Gasteiger partial charge in [0.1, 0.15) is 24.0 Å². The lowest BCUT2D eigenvalue weighted by Crippen LogP contribution is -2.42. The van der Waals surface area contributed by atoms with Crippen molar-refractivity contribution in [2.75, 3.05) is 37.4 Å². The Morgan fingerprint density at radius 2 is 1.75 bits per heavy atom. The summed E-state index contributed by atoms with van der Waals surface area (Å²) in [6.07, 6.45) is 0. The molecule has 8 nitrogen and oxygen atoms in total. The van der Waals surface area contributed by atoms with Gasteiger partial charge in [0.25, 0.3) is 0 Å². The number of nitrogens with one attached hydrogen (secondary N) is 2. The first-order valence-corrected chi connectivity index (χ1v) is 11.5. The third kappa shape index (κ3) is 6.88. The second-order valence-corrected chi connectivity index (χ2v) is 9.43. The van der Waals surface area contributed by atoms with Crippen molar-refractivity contribution < 1.29 is 23.1 Å². The fraction of sp³-hybridized carbons (Fsp3) is 0.346. The highest BCUT2D eigenvalue weighted by molar-refractivity contribution is 5.96. The van der Waals surface area contributed by atoms with Gasteiger partial charge in [-0.25, -0.2) is 18.3 Å². The van der Waals surface area contributed by atoms with E-state index in [1.54, 1.807) is 10.7 Å². The molecule has 0 saturated carbocycles. The number of halogens is 2. The number of carbonyl (C=O) groups is 2. The molecule has 1 aromatic heterocycles. The van der Waals surface area contributed by atoms with Crippen LogP contribution < -0.4 is 10.6 Å². The molecule has 0 aliphatic carbocycles. The summed E-state index contributed by atoms with van der Waals surface area (Å²) in [6.45, 7) is 7.93. The van der Waals surface area contributed by atoms with Crippen molar-refractivity contribution in [1.29, 1.82) is 0 Å². The number of hydrogen-bond donors (Lipinski definition) is 2. The van der Waals surface area contributed by atoms with Crippen LogP contribution in [0.15, 0.2) is 48.5 Å². The summed E-state index contributed by atoms with van der Waals surface area (Å²) in [7, 11) is 1.46. The summed E-state index contributed by atoms with van der Waals surface area (Å²) in [5, 5.41) is 9.90. The van der Waals surface area contributed by atoms with Crippen LogP contribution in [0.5, 0.6) is 0 Å². The van der Waals surface area contributed by atoms with Gasteiger partial charge < -0.3 is 20.3 Å². The molecule has 0 aliphatic rings. The lowest BCUT2D eigenvalue weighted by atomic mass is 9.92. The average Bonchev–Trinajstić information content (AvgIpc) is 3.23. The molecule has 10 heteroatoms. The van der Waals surface area contributed by atoms with E-state index in [9.17, 15) is 18.4 Å². The Labute approximate surface area is 209 Å². The first-order chi connectivity index (χ1) is 17.0. The highest BCUT2D eigenvalue weighted by Crippen LogP contribution is 2.26. The Balaban J connectivity index is 1.81. The summed E-state index contributed by atoms with van der Waals surface area (Å²) in [5.41, 5.74) is 2.17. The highest BCUT2D eigenvalue weighted by Gasteiger charge is 2.23. The normalized spacial score (nSPS) is 11.3. The number of amides is 3. The second-order valence-electron chi connectivity index (χ2n) is 9.43. The van der Waals surface area contributed by atoms with Crippen LogP contribution >= 0.6 is 0 Å². The zero-order chi connectivity index (χ0) is 26.5. The Kier molecular flexibility index (Phi) is 8.41. The van der Waals surface area contributed by atoms with E-state index in [-0.39, 0.29) is 30.8 Å². The van der Waals surface area contributed by atoms with Crippen LogP contribution in [-0.2, 0) is 14.9 Å². The van der Waals surface area contributed by atoms with Crippen molar-refractivity contribution in [2.45, 2.75) is 33.1 Å². The minimum atomic E-state index is -0.920. The number of methoxy groups -OCH3 is 1. The Hall–Kier alpha value is -3.79. The predicted molar refractivity (Wildman–Crippen MR) is 134 cm³/mol. The summed E-state index contributed by atoms with van der Waals surface area (Å²) in [4.78, 5) is 27.0. The lowest BCUT2D eigenvalue weighted by Gasteiger charge is -2.22. The smallest absolute Gasteiger partial charge is 0.322 e. The molecule has 2 aromatic carbocycles. The van der Waals surface area contributed by atoms with Crippen molar-refractivity contribution in [3.8, 4) is 5.69 Å². The van der Waals surface area contributed by atoms with Crippen LogP contribution in [0.1, 0.15) is 32.0 Å². The third-order valence-electron chi connectivity index (χ3n) is 5.38. The topological polar surface area (TPSA) is 88.5 Å².